The first-order valence-electron chi connectivity index (χ1n) is 11.6. The number of benzene rings is 2. The molecule has 0 unspecified atom stereocenters. The van der Waals surface area contributed by atoms with Gasteiger partial charge in [-0.15, -0.1) is 0 Å². The molecule has 1 aromatic heterocycles. The van der Waals surface area contributed by atoms with Crippen molar-refractivity contribution in [1.82, 2.24) is 15.2 Å². The maximum atomic E-state index is 13.3. The molecule has 2 aromatic carbocycles. The van der Waals surface area contributed by atoms with Gasteiger partial charge < -0.3 is 10.2 Å². The van der Waals surface area contributed by atoms with E-state index in [0.717, 1.165) is 24.6 Å². The highest BCUT2D eigenvalue weighted by Crippen LogP contribution is 2.35. The van der Waals surface area contributed by atoms with Gasteiger partial charge in [0.25, 0.3) is 5.91 Å². The molecule has 1 N–H and O–H groups in total. The van der Waals surface area contributed by atoms with Gasteiger partial charge in [-0.2, -0.15) is 13.2 Å². The van der Waals surface area contributed by atoms with Crippen LogP contribution in [0.4, 0.5) is 13.2 Å². The van der Waals surface area contributed by atoms with Crippen molar-refractivity contribution < 1.29 is 18.0 Å². The number of hydrogen-bond acceptors (Lipinski definition) is 3. The largest absolute Gasteiger partial charge is 0.416 e. The first kappa shape index (κ1) is 25.2. The summed E-state index contributed by atoms with van der Waals surface area (Å²) in [4.78, 5) is 19.6. The average Bonchev–Trinajstić information content (AvgIpc) is 2.87. The SMILES string of the molecule is O=C(NCC1(c2ccccn2)CCN(CCc2ccccc2C(F)(F)F)CC1)c1ccccc1Cl. The van der Waals surface area contributed by atoms with Crippen LogP contribution in [0.1, 0.15) is 40.0 Å². The van der Waals surface area contributed by atoms with Crippen LogP contribution in [0.25, 0.3) is 0 Å². The third-order valence-electron chi connectivity index (χ3n) is 6.75. The van der Waals surface area contributed by atoms with E-state index in [2.05, 4.69) is 15.2 Å². The zero-order chi connectivity index (χ0) is 24.9. The Morgan fingerprint density at radius 1 is 1.00 bits per heavy atom. The number of hydrogen-bond donors (Lipinski definition) is 1. The second kappa shape index (κ2) is 10.8. The fourth-order valence-corrected chi connectivity index (χ4v) is 4.91. The number of carbonyl (C=O) groups excluding carboxylic acids is 1. The average molecular weight is 502 g/mol. The zero-order valence-corrected chi connectivity index (χ0v) is 19.9. The number of pyridine rings is 1. The van der Waals surface area contributed by atoms with E-state index in [1.165, 1.54) is 6.07 Å². The van der Waals surface area contributed by atoms with Crippen LogP contribution in [0.3, 0.4) is 0 Å². The lowest BCUT2D eigenvalue weighted by molar-refractivity contribution is -0.138. The van der Waals surface area contributed by atoms with E-state index in [-0.39, 0.29) is 11.3 Å². The molecule has 1 aliphatic rings. The van der Waals surface area contributed by atoms with Gasteiger partial charge in [-0.25, -0.2) is 0 Å². The molecule has 4 nitrogen and oxygen atoms in total. The summed E-state index contributed by atoms with van der Waals surface area (Å²) in [7, 11) is 0. The van der Waals surface area contributed by atoms with Crippen molar-refractivity contribution in [2.24, 2.45) is 0 Å². The van der Waals surface area contributed by atoms with Gasteiger partial charge in [0.05, 0.1) is 16.1 Å². The minimum atomic E-state index is -4.35. The molecule has 1 aliphatic heterocycles. The zero-order valence-electron chi connectivity index (χ0n) is 19.2. The number of nitrogens with one attached hydrogen (secondary N) is 1. The van der Waals surface area contributed by atoms with Crippen LogP contribution in [0, 0.1) is 0 Å². The number of aromatic nitrogens is 1. The Kier molecular flexibility index (Phi) is 7.77. The van der Waals surface area contributed by atoms with Crippen molar-refractivity contribution in [2.45, 2.75) is 30.9 Å². The summed E-state index contributed by atoms with van der Waals surface area (Å²) in [5, 5.41) is 3.43. The molecule has 1 amide bonds. The molecule has 1 saturated heterocycles. The molecule has 0 aliphatic carbocycles. The van der Waals surface area contributed by atoms with Crippen LogP contribution in [-0.2, 0) is 18.0 Å². The van der Waals surface area contributed by atoms with E-state index in [1.807, 2.05) is 18.2 Å². The quantitative estimate of drug-likeness (QED) is 0.447. The molecule has 3 aromatic rings. The number of alkyl halides is 3. The minimum absolute atomic E-state index is 0.239. The molecule has 35 heavy (non-hydrogen) atoms. The van der Waals surface area contributed by atoms with E-state index >= 15 is 0 Å². The van der Waals surface area contributed by atoms with Crippen LogP contribution < -0.4 is 5.32 Å². The smallest absolute Gasteiger partial charge is 0.351 e. The van der Waals surface area contributed by atoms with Crippen molar-refractivity contribution in [3.05, 3.63) is 100 Å². The van der Waals surface area contributed by atoms with E-state index in [9.17, 15) is 18.0 Å². The predicted molar refractivity (Wildman–Crippen MR) is 131 cm³/mol. The van der Waals surface area contributed by atoms with E-state index in [4.69, 9.17) is 11.6 Å². The fraction of sp³-hybridized carbons (Fsp3) is 0.333. The molecule has 0 bridgehead atoms. The summed E-state index contributed by atoms with van der Waals surface area (Å²) in [5.41, 5.74) is 0.710. The summed E-state index contributed by atoms with van der Waals surface area (Å²) in [6.45, 7) is 2.34. The highest BCUT2D eigenvalue weighted by atomic mass is 35.5. The van der Waals surface area contributed by atoms with Gasteiger partial charge in [0, 0.05) is 30.4 Å². The Bertz CT molecular complexity index is 1150. The van der Waals surface area contributed by atoms with Gasteiger partial charge in [0.2, 0.25) is 0 Å². The summed E-state index contributed by atoms with van der Waals surface area (Å²) in [5.74, 6) is -0.239. The van der Waals surface area contributed by atoms with Gasteiger partial charge in [-0.3, -0.25) is 9.78 Å². The Labute approximate surface area is 208 Å². The maximum Gasteiger partial charge on any atom is 0.416 e. The molecule has 0 atom stereocenters. The first-order valence-corrected chi connectivity index (χ1v) is 12.0. The van der Waals surface area contributed by atoms with Crippen LogP contribution in [-0.4, -0.2) is 42.0 Å². The number of piperidine rings is 1. The minimum Gasteiger partial charge on any atom is -0.351 e. The Balaban J connectivity index is 1.43. The third kappa shape index (κ3) is 6.03. The number of carbonyl (C=O) groups is 1. The molecule has 0 saturated carbocycles. The Morgan fingerprint density at radius 2 is 1.69 bits per heavy atom. The maximum absolute atomic E-state index is 13.3. The summed E-state index contributed by atoms with van der Waals surface area (Å²) < 4.78 is 40.0. The van der Waals surface area contributed by atoms with E-state index < -0.39 is 11.7 Å². The molecule has 0 radical (unpaired) electrons. The highest BCUT2D eigenvalue weighted by molar-refractivity contribution is 6.33. The Morgan fingerprint density at radius 3 is 2.37 bits per heavy atom. The first-order chi connectivity index (χ1) is 16.8. The van der Waals surface area contributed by atoms with Crippen molar-refractivity contribution in [3.8, 4) is 0 Å². The van der Waals surface area contributed by atoms with E-state index in [0.29, 0.717) is 48.7 Å². The third-order valence-corrected chi connectivity index (χ3v) is 7.08. The van der Waals surface area contributed by atoms with E-state index in [1.54, 1.807) is 42.6 Å². The molecular formula is C27H27ClF3N3O. The molecule has 1 fully saturated rings. The second-order valence-corrected chi connectivity index (χ2v) is 9.31. The Hall–Kier alpha value is -2.90. The van der Waals surface area contributed by atoms with Gasteiger partial charge in [0.1, 0.15) is 0 Å². The van der Waals surface area contributed by atoms with Gasteiger partial charge >= 0.3 is 6.18 Å². The number of nitrogens with zero attached hydrogens (tertiary/aromatic N) is 2. The lowest BCUT2D eigenvalue weighted by Crippen LogP contribution is -2.49. The number of halogens is 4. The van der Waals surface area contributed by atoms with Crippen LogP contribution >= 0.6 is 11.6 Å². The lowest BCUT2D eigenvalue weighted by atomic mass is 9.75. The monoisotopic (exact) mass is 501 g/mol. The topological polar surface area (TPSA) is 45.2 Å². The molecule has 2 heterocycles. The number of likely N-dealkylation sites (tertiary alicyclic amines) is 1. The van der Waals surface area contributed by atoms with Gasteiger partial charge in [-0.05, 0) is 68.2 Å². The predicted octanol–water partition coefficient (Wildman–Crippen LogP) is 5.76. The van der Waals surface area contributed by atoms with Crippen LogP contribution in [0.2, 0.25) is 5.02 Å². The van der Waals surface area contributed by atoms with Crippen molar-refractivity contribution in [2.75, 3.05) is 26.2 Å². The number of amides is 1. The van der Waals surface area contributed by atoms with Crippen molar-refractivity contribution >= 4 is 17.5 Å². The number of rotatable bonds is 7. The van der Waals surface area contributed by atoms with Crippen LogP contribution in [0.5, 0.6) is 0 Å². The second-order valence-electron chi connectivity index (χ2n) is 8.90. The molecule has 0 spiro atoms. The van der Waals surface area contributed by atoms with Gasteiger partial charge in [0.15, 0.2) is 0 Å². The molecule has 8 heteroatoms. The van der Waals surface area contributed by atoms with Gasteiger partial charge in [-0.1, -0.05) is 48.0 Å². The van der Waals surface area contributed by atoms with Crippen molar-refractivity contribution in [1.29, 1.82) is 0 Å². The standard InChI is InChI=1S/C27H27ClF3N3O/c28-23-10-4-2-8-21(23)25(35)33-19-26(24-11-5-6-15-32-24)13-17-34(18-14-26)16-12-20-7-1-3-9-22(20)27(29,30)31/h1-11,15H,12-14,16-19H2,(H,33,35). The molecular weight excluding hydrogens is 475 g/mol. The highest BCUT2D eigenvalue weighted by Gasteiger charge is 2.38. The molecule has 4 rings (SSSR count). The summed E-state index contributed by atoms with van der Waals surface area (Å²) in [6, 6.07) is 18.4. The summed E-state index contributed by atoms with van der Waals surface area (Å²) >= 11 is 6.19. The lowest BCUT2D eigenvalue weighted by Gasteiger charge is -2.41. The molecule has 184 valence electrons. The van der Waals surface area contributed by atoms with Crippen LogP contribution in [0.15, 0.2) is 72.9 Å². The van der Waals surface area contributed by atoms with Crippen molar-refractivity contribution in [3.63, 3.8) is 0 Å². The normalized spacial score (nSPS) is 16.1. The fourth-order valence-electron chi connectivity index (χ4n) is 4.69. The summed E-state index contributed by atoms with van der Waals surface area (Å²) in [6.07, 6.45) is -0.823.